The van der Waals surface area contributed by atoms with Gasteiger partial charge in [0.15, 0.2) is 0 Å². The lowest BCUT2D eigenvalue weighted by molar-refractivity contribution is -0.194. The van der Waals surface area contributed by atoms with Crippen LogP contribution in [0.2, 0.25) is 5.02 Å². The molecule has 176 valence electrons. The third-order valence-corrected chi connectivity index (χ3v) is 6.80. The standard InChI is InChI=1S/C22H18BrClF4N2O3/c23-11-6-15-18(19(30-21(15)33)14-8-12(25)1-2-16(14)24)17(7-11)29-20(32)9-3-10(22(26,27)28)5-13(31)4-9/h1-2,6-10,13,19,31H,3-5H2,(H,29,32)(H,30,33)/t9-,10+,13-,19+/m0/s1. The van der Waals surface area contributed by atoms with E-state index >= 15 is 0 Å². The van der Waals surface area contributed by atoms with Crippen molar-refractivity contribution in [2.45, 2.75) is 37.6 Å². The molecule has 5 nitrogen and oxygen atoms in total. The maximum atomic E-state index is 13.9. The van der Waals surface area contributed by atoms with E-state index in [1.54, 1.807) is 0 Å². The summed E-state index contributed by atoms with van der Waals surface area (Å²) in [6.07, 6.45) is -6.77. The summed E-state index contributed by atoms with van der Waals surface area (Å²) in [4.78, 5) is 25.5. The van der Waals surface area contributed by atoms with E-state index in [-0.39, 0.29) is 28.3 Å². The van der Waals surface area contributed by atoms with Gasteiger partial charge in [0.2, 0.25) is 5.91 Å². The van der Waals surface area contributed by atoms with Crippen molar-refractivity contribution in [3.05, 3.63) is 62.3 Å². The van der Waals surface area contributed by atoms with Crippen LogP contribution >= 0.6 is 27.5 Å². The van der Waals surface area contributed by atoms with E-state index in [4.69, 9.17) is 11.6 Å². The molecule has 0 saturated heterocycles. The Morgan fingerprint density at radius 2 is 1.91 bits per heavy atom. The van der Waals surface area contributed by atoms with Crippen LogP contribution in [-0.2, 0) is 4.79 Å². The van der Waals surface area contributed by atoms with Gasteiger partial charge in [-0.25, -0.2) is 4.39 Å². The number of hydrogen-bond donors (Lipinski definition) is 3. The normalized spacial score (nSPS) is 24.9. The zero-order chi connectivity index (χ0) is 24.1. The number of benzene rings is 2. The quantitative estimate of drug-likeness (QED) is 0.452. The van der Waals surface area contributed by atoms with Gasteiger partial charge in [-0.05, 0) is 49.6 Å². The van der Waals surface area contributed by atoms with Gasteiger partial charge in [0.05, 0.1) is 18.1 Å². The van der Waals surface area contributed by atoms with Crippen molar-refractivity contribution >= 4 is 45.0 Å². The molecule has 11 heteroatoms. The summed E-state index contributed by atoms with van der Waals surface area (Å²) in [7, 11) is 0. The van der Waals surface area contributed by atoms with Gasteiger partial charge >= 0.3 is 6.18 Å². The summed E-state index contributed by atoms with van der Waals surface area (Å²) in [5.41, 5.74) is 0.984. The molecule has 33 heavy (non-hydrogen) atoms. The predicted octanol–water partition coefficient (Wildman–Crippen LogP) is 5.35. The minimum Gasteiger partial charge on any atom is -0.393 e. The van der Waals surface area contributed by atoms with Crippen molar-refractivity contribution in [2.75, 3.05) is 5.32 Å². The number of aliphatic hydroxyl groups is 1. The van der Waals surface area contributed by atoms with Gasteiger partial charge < -0.3 is 15.7 Å². The lowest BCUT2D eigenvalue weighted by Crippen LogP contribution is -2.39. The molecule has 0 aromatic heterocycles. The largest absolute Gasteiger partial charge is 0.393 e. The summed E-state index contributed by atoms with van der Waals surface area (Å²) >= 11 is 9.50. The van der Waals surface area contributed by atoms with E-state index < -0.39 is 60.6 Å². The molecule has 2 amide bonds. The molecule has 3 N–H and O–H groups in total. The zero-order valence-corrected chi connectivity index (χ0v) is 19.2. The van der Waals surface area contributed by atoms with Crippen LogP contribution in [0, 0.1) is 17.7 Å². The van der Waals surface area contributed by atoms with Crippen LogP contribution in [0.25, 0.3) is 0 Å². The SMILES string of the molecule is O=C1N[C@H](c2cc(F)ccc2Cl)c2c(NC(=O)[C@@H]3C[C@H](O)C[C@H](C(F)(F)F)C3)cc(Br)cc21. The van der Waals surface area contributed by atoms with Gasteiger partial charge in [-0.2, -0.15) is 13.2 Å². The number of alkyl halides is 3. The first-order valence-corrected chi connectivity index (χ1v) is 11.3. The van der Waals surface area contributed by atoms with Gasteiger partial charge in [0, 0.05) is 37.8 Å². The molecule has 1 saturated carbocycles. The van der Waals surface area contributed by atoms with Crippen LogP contribution in [0.3, 0.4) is 0 Å². The summed E-state index contributed by atoms with van der Waals surface area (Å²) in [6.45, 7) is 0. The number of amides is 2. The smallest absolute Gasteiger partial charge is 0.391 e. The number of rotatable bonds is 3. The van der Waals surface area contributed by atoms with Crippen molar-refractivity contribution < 1.29 is 32.3 Å². The van der Waals surface area contributed by atoms with Crippen LogP contribution in [-0.4, -0.2) is 29.2 Å². The van der Waals surface area contributed by atoms with E-state index in [1.165, 1.54) is 30.3 Å². The summed E-state index contributed by atoms with van der Waals surface area (Å²) in [5.74, 6) is -4.61. The average Bonchev–Trinajstić information content (AvgIpc) is 3.05. The monoisotopic (exact) mass is 548 g/mol. The fourth-order valence-electron chi connectivity index (χ4n) is 4.48. The fraction of sp³-hybridized carbons (Fsp3) is 0.364. The topological polar surface area (TPSA) is 78.4 Å². The van der Waals surface area contributed by atoms with E-state index in [1.807, 2.05) is 0 Å². The summed E-state index contributed by atoms with van der Waals surface area (Å²) in [5, 5.41) is 15.4. The second-order valence-corrected chi connectivity index (χ2v) is 9.60. The Bertz CT molecular complexity index is 1130. The molecular weight excluding hydrogens is 532 g/mol. The highest BCUT2D eigenvalue weighted by Gasteiger charge is 2.46. The van der Waals surface area contributed by atoms with Crippen LogP contribution < -0.4 is 10.6 Å². The Morgan fingerprint density at radius 3 is 2.61 bits per heavy atom. The minimum atomic E-state index is -4.52. The molecule has 2 aromatic rings. The van der Waals surface area contributed by atoms with Gasteiger partial charge in [-0.1, -0.05) is 27.5 Å². The molecule has 2 aromatic carbocycles. The highest BCUT2D eigenvalue weighted by Crippen LogP contribution is 2.43. The van der Waals surface area contributed by atoms with E-state index in [2.05, 4.69) is 26.6 Å². The molecule has 1 aliphatic carbocycles. The van der Waals surface area contributed by atoms with E-state index in [9.17, 15) is 32.3 Å². The van der Waals surface area contributed by atoms with Gasteiger partial charge in [0.25, 0.3) is 5.91 Å². The number of halogens is 6. The lowest BCUT2D eigenvalue weighted by atomic mass is 9.79. The second kappa shape index (κ2) is 8.88. The molecule has 1 fully saturated rings. The third kappa shape index (κ3) is 4.88. The second-order valence-electron chi connectivity index (χ2n) is 8.27. The Morgan fingerprint density at radius 1 is 1.18 bits per heavy atom. The molecule has 4 atom stereocenters. The van der Waals surface area contributed by atoms with Crippen LogP contribution in [0.1, 0.15) is 46.8 Å². The number of aliphatic hydroxyl groups excluding tert-OH is 1. The first-order chi connectivity index (χ1) is 15.4. The van der Waals surface area contributed by atoms with Crippen LogP contribution in [0.4, 0.5) is 23.2 Å². The van der Waals surface area contributed by atoms with Crippen molar-refractivity contribution in [1.29, 1.82) is 0 Å². The lowest BCUT2D eigenvalue weighted by Gasteiger charge is -2.33. The zero-order valence-electron chi connectivity index (χ0n) is 16.8. The van der Waals surface area contributed by atoms with E-state index in [0.717, 1.165) is 0 Å². The summed E-state index contributed by atoms with van der Waals surface area (Å²) < 4.78 is 54.0. The van der Waals surface area contributed by atoms with Gasteiger partial charge in [0.1, 0.15) is 5.82 Å². The highest BCUT2D eigenvalue weighted by molar-refractivity contribution is 9.10. The van der Waals surface area contributed by atoms with Crippen molar-refractivity contribution in [3.8, 4) is 0 Å². The number of hydrogen-bond acceptors (Lipinski definition) is 3. The number of carbonyl (C=O) groups is 2. The van der Waals surface area contributed by atoms with Crippen molar-refractivity contribution in [2.24, 2.45) is 11.8 Å². The predicted molar refractivity (Wildman–Crippen MR) is 116 cm³/mol. The number of fused-ring (bicyclic) bond motifs is 1. The number of nitrogens with one attached hydrogen (secondary N) is 2. The van der Waals surface area contributed by atoms with Crippen LogP contribution in [0.15, 0.2) is 34.8 Å². The molecule has 1 heterocycles. The van der Waals surface area contributed by atoms with Crippen molar-refractivity contribution in [1.82, 2.24) is 5.32 Å². The Labute approximate surface area is 199 Å². The number of carbonyl (C=O) groups excluding carboxylic acids is 2. The fourth-order valence-corrected chi connectivity index (χ4v) is 5.16. The molecular formula is C22H18BrClF4N2O3. The molecule has 2 aliphatic rings. The minimum absolute atomic E-state index is 0.106. The maximum absolute atomic E-state index is 13.9. The first-order valence-electron chi connectivity index (χ1n) is 10.1. The van der Waals surface area contributed by atoms with Crippen LogP contribution in [0.5, 0.6) is 0 Å². The molecule has 0 bridgehead atoms. The third-order valence-electron chi connectivity index (χ3n) is 6.00. The summed E-state index contributed by atoms with van der Waals surface area (Å²) in [6, 6.07) is 5.84. The first kappa shape index (κ1) is 24.0. The molecule has 0 unspecified atom stereocenters. The Hall–Kier alpha value is -2.17. The van der Waals surface area contributed by atoms with E-state index in [0.29, 0.717) is 10.0 Å². The maximum Gasteiger partial charge on any atom is 0.391 e. The molecule has 0 spiro atoms. The molecule has 4 rings (SSSR count). The molecule has 0 radical (unpaired) electrons. The van der Waals surface area contributed by atoms with Crippen molar-refractivity contribution in [3.63, 3.8) is 0 Å². The average molecular weight is 550 g/mol. The Balaban J connectivity index is 1.68. The Kier molecular flexibility index (Phi) is 6.45. The highest BCUT2D eigenvalue weighted by atomic mass is 79.9. The van der Waals surface area contributed by atoms with Gasteiger partial charge in [-0.3, -0.25) is 9.59 Å². The molecule has 1 aliphatic heterocycles. The van der Waals surface area contributed by atoms with Gasteiger partial charge in [-0.15, -0.1) is 0 Å². The number of anilines is 1.